The van der Waals surface area contributed by atoms with E-state index in [1.54, 1.807) is 6.07 Å². The predicted molar refractivity (Wildman–Crippen MR) is 80.8 cm³/mol. The van der Waals surface area contributed by atoms with E-state index in [0.29, 0.717) is 6.54 Å². The lowest BCUT2D eigenvalue weighted by molar-refractivity contribution is 0.117. The Morgan fingerprint density at radius 1 is 1.05 bits per heavy atom. The molecule has 1 aromatic carbocycles. The molecule has 0 atom stereocenters. The molecule has 0 spiro atoms. The number of piperazine rings is 1. The minimum atomic E-state index is -0.179. The summed E-state index contributed by atoms with van der Waals surface area (Å²) < 4.78 is 13.5. The van der Waals surface area contributed by atoms with Crippen LogP contribution in [0.4, 0.5) is 4.39 Å². The SMILES string of the molecule is CC(C)CN1CCN(Cc2cc(F)cc(CN)c2)CC1. The zero-order valence-electron chi connectivity index (χ0n) is 12.6. The highest BCUT2D eigenvalue weighted by Gasteiger charge is 2.17. The van der Waals surface area contributed by atoms with Crippen LogP contribution in [0, 0.1) is 11.7 Å². The van der Waals surface area contributed by atoms with Crippen LogP contribution in [0.15, 0.2) is 18.2 Å². The molecule has 1 aliphatic rings. The number of nitrogens with two attached hydrogens (primary N) is 1. The van der Waals surface area contributed by atoms with Crippen molar-refractivity contribution in [3.8, 4) is 0 Å². The molecule has 0 unspecified atom stereocenters. The van der Waals surface area contributed by atoms with Crippen molar-refractivity contribution in [2.75, 3.05) is 32.7 Å². The summed E-state index contributed by atoms with van der Waals surface area (Å²) in [6, 6.07) is 5.16. The molecular formula is C16H26FN3. The van der Waals surface area contributed by atoms with Gasteiger partial charge in [-0.3, -0.25) is 4.90 Å². The summed E-state index contributed by atoms with van der Waals surface area (Å²) in [5.41, 5.74) is 7.50. The van der Waals surface area contributed by atoms with Crippen LogP contribution < -0.4 is 5.73 Å². The molecule has 4 heteroatoms. The average Bonchev–Trinajstić information content (AvgIpc) is 2.39. The minimum absolute atomic E-state index is 0.179. The summed E-state index contributed by atoms with van der Waals surface area (Å²) in [5.74, 6) is 0.540. The van der Waals surface area contributed by atoms with E-state index in [1.807, 2.05) is 6.07 Å². The zero-order valence-corrected chi connectivity index (χ0v) is 12.6. The number of halogens is 1. The van der Waals surface area contributed by atoms with E-state index >= 15 is 0 Å². The predicted octanol–water partition coefficient (Wildman–Crippen LogP) is 2.06. The van der Waals surface area contributed by atoms with Crippen molar-refractivity contribution in [1.29, 1.82) is 0 Å². The van der Waals surface area contributed by atoms with Crippen LogP contribution in [0.1, 0.15) is 25.0 Å². The van der Waals surface area contributed by atoms with Crippen molar-refractivity contribution in [1.82, 2.24) is 9.80 Å². The van der Waals surface area contributed by atoms with E-state index in [4.69, 9.17) is 5.73 Å². The van der Waals surface area contributed by atoms with Gasteiger partial charge in [-0.25, -0.2) is 4.39 Å². The Hall–Kier alpha value is -0.970. The van der Waals surface area contributed by atoms with Gasteiger partial charge in [-0.2, -0.15) is 0 Å². The maximum Gasteiger partial charge on any atom is 0.123 e. The van der Waals surface area contributed by atoms with Crippen LogP contribution in [0.2, 0.25) is 0 Å². The van der Waals surface area contributed by atoms with E-state index in [9.17, 15) is 4.39 Å². The lowest BCUT2D eigenvalue weighted by Crippen LogP contribution is -2.46. The standard InChI is InChI=1S/C16H26FN3/c1-13(2)11-19-3-5-20(6-4-19)12-15-7-14(10-18)8-16(17)9-15/h7-9,13H,3-6,10-12,18H2,1-2H3. The maximum atomic E-state index is 13.5. The van der Waals surface area contributed by atoms with E-state index in [-0.39, 0.29) is 5.82 Å². The zero-order chi connectivity index (χ0) is 14.5. The van der Waals surface area contributed by atoms with Gasteiger partial charge >= 0.3 is 0 Å². The van der Waals surface area contributed by atoms with Crippen LogP contribution in [0.5, 0.6) is 0 Å². The number of rotatable bonds is 5. The smallest absolute Gasteiger partial charge is 0.123 e. The number of nitrogens with zero attached hydrogens (tertiary/aromatic N) is 2. The molecule has 1 aliphatic heterocycles. The Labute approximate surface area is 121 Å². The first-order chi connectivity index (χ1) is 9.56. The van der Waals surface area contributed by atoms with E-state index in [2.05, 4.69) is 23.6 Å². The first kappa shape index (κ1) is 15.4. The van der Waals surface area contributed by atoms with Gasteiger partial charge in [0.05, 0.1) is 0 Å². The molecule has 1 heterocycles. The highest BCUT2D eigenvalue weighted by molar-refractivity contribution is 5.24. The molecule has 0 bridgehead atoms. The molecular weight excluding hydrogens is 253 g/mol. The van der Waals surface area contributed by atoms with Gasteiger partial charge in [0.15, 0.2) is 0 Å². The topological polar surface area (TPSA) is 32.5 Å². The van der Waals surface area contributed by atoms with E-state index < -0.39 is 0 Å². The molecule has 2 rings (SSSR count). The van der Waals surface area contributed by atoms with Crippen molar-refractivity contribution in [2.45, 2.75) is 26.9 Å². The third-order valence-corrected chi connectivity index (χ3v) is 3.75. The molecule has 0 saturated carbocycles. The number of hydrogen-bond acceptors (Lipinski definition) is 3. The Morgan fingerprint density at radius 3 is 2.25 bits per heavy atom. The fraction of sp³-hybridized carbons (Fsp3) is 0.625. The first-order valence-corrected chi connectivity index (χ1v) is 7.50. The van der Waals surface area contributed by atoms with Gasteiger partial charge in [-0.15, -0.1) is 0 Å². The lowest BCUT2D eigenvalue weighted by atomic mass is 10.1. The summed E-state index contributed by atoms with van der Waals surface area (Å²) in [6.07, 6.45) is 0. The molecule has 20 heavy (non-hydrogen) atoms. The second kappa shape index (κ2) is 7.16. The minimum Gasteiger partial charge on any atom is -0.326 e. The second-order valence-corrected chi connectivity index (χ2v) is 6.14. The summed E-state index contributed by atoms with van der Waals surface area (Å²) in [5, 5.41) is 0. The largest absolute Gasteiger partial charge is 0.326 e. The quantitative estimate of drug-likeness (QED) is 0.895. The highest BCUT2D eigenvalue weighted by atomic mass is 19.1. The van der Waals surface area contributed by atoms with Crippen LogP contribution in [0.3, 0.4) is 0 Å². The van der Waals surface area contributed by atoms with Crippen molar-refractivity contribution in [2.24, 2.45) is 11.7 Å². The highest BCUT2D eigenvalue weighted by Crippen LogP contribution is 2.13. The maximum absolute atomic E-state index is 13.5. The third-order valence-electron chi connectivity index (χ3n) is 3.75. The summed E-state index contributed by atoms with van der Waals surface area (Å²) >= 11 is 0. The number of benzene rings is 1. The van der Waals surface area contributed by atoms with Gasteiger partial charge < -0.3 is 10.6 Å². The summed E-state index contributed by atoms with van der Waals surface area (Å²) in [7, 11) is 0. The number of hydrogen-bond donors (Lipinski definition) is 1. The van der Waals surface area contributed by atoms with Crippen molar-refractivity contribution in [3.05, 3.63) is 35.1 Å². The van der Waals surface area contributed by atoms with Crippen LogP contribution in [0.25, 0.3) is 0 Å². The van der Waals surface area contributed by atoms with Crippen LogP contribution >= 0.6 is 0 Å². The molecule has 0 amide bonds. The normalized spacial score (nSPS) is 17.9. The molecule has 112 valence electrons. The molecule has 0 aromatic heterocycles. The molecule has 0 radical (unpaired) electrons. The van der Waals surface area contributed by atoms with E-state index in [1.165, 1.54) is 12.6 Å². The van der Waals surface area contributed by atoms with Gasteiger partial charge in [0.25, 0.3) is 0 Å². The van der Waals surface area contributed by atoms with Crippen molar-refractivity contribution < 1.29 is 4.39 Å². The fourth-order valence-corrected chi connectivity index (χ4v) is 2.83. The van der Waals surface area contributed by atoms with Gasteiger partial charge in [-0.1, -0.05) is 19.9 Å². The van der Waals surface area contributed by atoms with Gasteiger partial charge in [0, 0.05) is 45.8 Å². The van der Waals surface area contributed by atoms with Crippen molar-refractivity contribution >= 4 is 0 Å². The monoisotopic (exact) mass is 279 g/mol. The summed E-state index contributed by atoms with van der Waals surface area (Å²) in [6.45, 7) is 11.2. The molecule has 2 N–H and O–H groups in total. The molecule has 1 saturated heterocycles. The van der Waals surface area contributed by atoms with Gasteiger partial charge in [-0.05, 0) is 29.2 Å². The van der Waals surface area contributed by atoms with E-state index in [0.717, 1.165) is 49.8 Å². The Balaban J connectivity index is 1.87. The molecule has 0 aliphatic carbocycles. The van der Waals surface area contributed by atoms with Crippen molar-refractivity contribution in [3.63, 3.8) is 0 Å². The second-order valence-electron chi connectivity index (χ2n) is 6.14. The van der Waals surface area contributed by atoms with Crippen LogP contribution in [-0.4, -0.2) is 42.5 Å². The summed E-state index contributed by atoms with van der Waals surface area (Å²) in [4.78, 5) is 4.91. The van der Waals surface area contributed by atoms with Crippen LogP contribution in [-0.2, 0) is 13.1 Å². The Kier molecular flexibility index (Phi) is 5.52. The lowest BCUT2D eigenvalue weighted by Gasteiger charge is -2.35. The van der Waals surface area contributed by atoms with Gasteiger partial charge in [0.2, 0.25) is 0 Å². The molecule has 3 nitrogen and oxygen atoms in total. The van der Waals surface area contributed by atoms with Gasteiger partial charge in [0.1, 0.15) is 5.82 Å². The first-order valence-electron chi connectivity index (χ1n) is 7.50. The third kappa shape index (κ3) is 4.54. The molecule has 1 aromatic rings. The Morgan fingerprint density at radius 2 is 1.65 bits per heavy atom. The Bertz CT molecular complexity index is 426. The molecule has 1 fully saturated rings. The average molecular weight is 279 g/mol. The fourth-order valence-electron chi connectivity index (χ4n) is 2.83.